The van der Waals surface area contributed by atoms with Crippen molar-refractivity contribution in [3.63, 3.8) is 0 Å². The number of carbonyl (C=O) groups excluding carboxylic acids is 1. The Morgan fingerprint density at radius 1 is 1.59 bits per heavy atom. The normalized spacial score (nSPS) is 12.1. The van der Waals surface area contributed by atoms with E-state index in [9.17, 15) is 4.79 Å². The number of hydrogen-bond donors (Lipinski definition) is 2. The van der Waals surface area contributed by atoms with Crippen molar-refractivity contribution in [3.8, 4) is 5.82 Å². The van der Waals surface area contributed by atoms with Crippen molar-refractivity contribution >= 4 is 11.6 Å². The third-order valence-electron chi connectivity index (χ3n) is 2.09. The second-order valence-electron chi connectivity index (χ2n) is 3.49. The van der Waals surface area contributed by atoms with Crippen molar-refractivity contribution in [1.82, 2.24) is 19.7 Å². The molecular weight excluding hydrogens is 220 g/mol. The standard InChI is InChI=1S/C10H12N6O/c1-7(11)10(17)15-8-3-2-4-13-9(8)16-6-12-5-14-16/h2-7H,11H2,1H3,(H,15,17). The highest BCUT2D eigenvalue weighted by atomic mass is 16.2. The zero-order valence-corrected chi connectivity index (χ0v) is 9.24. The number of nitrogens with two attached hydrogens (primary N) is 1. The van der Waals surface area contributed by atoms with E-state index in [1.807, 2.05) is 0 Å². The van der Waals surface area contributed by atoms with Crippen LogP contribution in [0, 0.1) is 0 Å². The zero-order chi connectivity index (χ0) is 12.3. The lowest BCUT2D eigenvalue weighted by Gasteiger charge is -2.10. The van der Waals surface area contributed by atoms with E-state index in [1.165, 1.54) is 17.3 Å². The largest absolute Gasteiger partial charge is 0.322 e. The predicted octanol–water partition coefficient (Wildman–Crippen LogP) is -0.0520. The first-order chi connectivity index (χ1) is 8.18. The summed E-state index contributed by atoms with van der Waals surface area (Å²) in [5, 5.41) is 6.64. The predicted molar refractivity (Wildman–Crippen MR) is 61.4 cm³/mol. The molecule has 17 heavy (non-hydrogen) atoms. The molecule has 0 bridgehead atoms. The molecule has 0 aliphatic carbocycles. The SMILES string of the molecule is CC(N)C(=O)Nc1cccnc1-n1cncn1. The molecule has 3 N–H and O–H groups in total. The Kier molecular flexibility index (Phi) is 3.10. The van der Waals surface area contributed by atoms with Crippen molar-refractivity contribution in [2.45, 2.75) is 13.0 Å². The average Bonchev–Trinajstić information content (AvgIpc) is 2.83. The van der Waals surface area contributed by atoms with E-state index in [0.717, 1.165) is 0 Å². The molecule has 1 unspecified atom stereocenters. The molecule has 7 nitrogen and oxygen atoms in total. The summed E-state index contributed by atoms with van der Waals surface area (Å²) >= 11 is 0. The van der Waals surface area contributed by atoms with Gasteiger partial charge in [0.15, 0.2) is 5.82 Å². The zero-order valence-electron chi connectivity index (χ0n) is 9.24. The molecule has 7 heteroatoms. The maximum absolute atomic E-state index is 11.5. The molecule has 0 fully saturated rings. The summed E-state index contributed by atoms with van der Waals surface area (Å²) in [5.74, 6) is 0.221. The smallest absolute Gasteiger partial charge is 0.241 e. The van der Waals surface area contributed by atoms with Gasteiger partial charge >= 0.3 is 0 Å². The van der Waals surface area contributed by atoms with Gasteiger partial charge < -0.3 is 11.1 Å². The Morgan fingerprint density at radius 2 is 2.41 bits per heavy atom. The molecule has 0 spiro atoms. The Morgan fingerprint density at radius 3 is 3.06 bits per heavy atom. The van der Waals surface area contributed by atoms with E-state index in [1.54, 1.807) is 25.3 Å². The first kappa shape index (κ1) is 11.2. The number of carbonyl (C=O) groups is 1. The second kappa shape index (κ2) is 4.71. The number of rotatable bonds is 3. The first-order valence-corrected chi connectivity index (χ1v) is 5.05. The molecule has 1 amide bonds. The Balaban J connectivity index is 2.32. The molecule has 0 saturated carbocycles. The van der Waals surface area contributed by atoms with Gasteiger partial charge in [0.2, 0.25) is 5.91 Å². The van der Waals surface area contributed by atoms with Gasteiger partial charge in [-0.05, 0) is 19.1 Å². The van der Waals surface area contributed by atoms with Crippen LogP contribution in [-0.4, -0.2) is 31.7 Å². The lowest BCUT2D eigenvalue weighted by atomic mass is 10.3. The number of anilines is 1. The minimum atomic E-state index is -0.584. The van der Waals surface area contributed by atoms with E-state index >= 15 is 0 Å². The fraction of sp³-hybridized carbons (Fsp3) is 0.200. The summed E-state index contributed by atoms with van der Waals surface area (Å²) < 4.78 is 1.47. The van der Waals surface area contributed by atoms with Crippen LogP contribution in [0.2, 0.25) is 0 Å². The second-order valence-corrected chi connectivity index (χ2v) is 3.49. The van der Waals surface area contributed by atoms with Gasteiger partial charge in [0.1, 0.15) is 12.7 Å². The summed E-state index contributed by atoms with van der Waals surface area (Å²) in [6.07, 6.45) is 4.51. The lowest BCUT2D eigenvalue weighted by molar-refractivity contribution is -0.117. The Bertz CT molecular complexity index is 507. The number of nitrogens with zero attached hydrogens (tertiary/aromatic N) is 4. The van der Waals surface area contributed by atoms with Crippen LogP contribution < -0.4 is 11.1 Å². The van der Waals surface area contributed by atoms with Crippen LogP contribution in [0.15, 0.2) is 31.0 Å². The van der Waals surface area contributed by atoms with Crippen LogP contribution in [0.3, 0.4) is 0 Å². The van der Waals surface area contributed by atoms with Crippen LogP contribution in [-0.2, 0) is 4.79 Å². The van der Waals surface area contributed by atoms with E-state index in [-0.39, 0.29) is 5.91 Å². The molecule has 2 aromatic rings. The number of aromatic nitrogens is 4. The van der Waals surface area contributed by atoms with Crippen LogP contribution in [0.5, 0.6) is 0 Å². The van der Waals surface area contributed by atoms with Gasteiger partial charge in [-0.15, -0.1) is 0 Å². The van der Waals surface area contributed by atoms with Gasteiger partial charge in [0.05, 0.1) is 11.7 Å². The highest BCUT2D eigenvalue weighted by Crippen LogP contribution is 2.15. The minimum absolute atomic E-state index is 0.278. The number of hydrogen-bond acceptors (Lipinski definition) is 5. The van der Waals surface area contributed by atoms with E-state index in [0.29, 0.717) is 11.5 Å². The van der Waals surface area contributed by atoms with Gasteiger partial charge in [-0.1, -0.05) is 0 Å². The Labute approximate surface area is 97.7 Å². The van der Waals surface area contributed by atoms with E-state index in [4.69, 9.17) is 5.73 Å². The number of amides is 1. The van der Waals surface area contributed by atoms with Gasteiger partial charge in [-0.25, -0.2) is 14.6 Å². The van der Waals surface area contributed by atoms with Gasteiger partial charge in [0.25, 0.3) is 0 Å². The maximum atomic E-state index is 11.5. The topological polar surface area (TPSA) is 98.7 Å². The van der Waals surface area contributed by atoms with Gasteiger partial charge in [-0.2, -0.15) is 5.10 Å². The monoisotopic (exact) mass is 232 g/mol. The van der Waals surface area contributed by atoms with Crippen LogP contribution >= 0.6 is 0 Å². The average molecular weight is 232 g/mol. The summed E-state index contributed by atoms with van der Waals surface area (Å²) in [7, 11) is 0. The summed E-state index contributed by atoms with van der Waals surface area (Å²) in [4.78, 5) is 19.5. The quantitative estimate of drug-likeness (QED) is 0.772. The van der Waals surface area contributed by atoms with Crippen LogP contribution in [0.25, 0.3) is 5.82 Å². The minimum Gasteiger partial charge on any atom is -0.322 e. The van der Waals surface area contributed by atoms with Gasteiger partial charge in [-0.3, -0.25) is 4.79 Å². The van der Waals surface area contributed by atoms with E-state index in [2.05, 4.69) is 20.4 Å². The highest BCUT2D eigenvalue weighted by Gasteiger charge is 2.12. The van der Waals surface area contributed by atoms with Crippen molar-refractivity contribution in [1.29, 1.82) is 0 Å². The van der Waals surface area contributed by atoms with Gasteiger partial charge in [0, 0.05) is 6.20 Å². The van der Waals surface area contributed by atoms with Crippen molar-refractivity contribution in [3.05, 3.63) is 31.0 Å². The van der Waals surface area contributed by atoms with Crippen molar-refractivity contribution in [2.24, 2.45) is 5.73 Å². The summed E-state index contributed by atoms with van der Waals surface area (Å²) in [6, 6.07) is 2.86. The molecular formula is C10H12N6O. The lowest BCUT2D eigenvalue weighted by Crippen LogP contribution is -2.32. The molecule has 2 rings (SSSR count). The first-order valence-electron chi connectivity index (χ1n) is 5.05. The van der Waals surface area contributed by atoms with Crippen LogP contribution in [0.4, 0.5) is 5.69 Å². The molecule has 0 saturated heterocycles. The molecule has 88 valence electrons. The molecule has 1 atom stereocenters. The van der Waals surface area contributed by atoms with Crippen LogP contribution in [0.1, 0.15) is 6.92 Å². The number of nitrogens with one attached hydrogen (secondary N) is 1. The maximum Gasteiger partial charge on any atom is 0.241 e. The molecule has 0 aliphatic rings. The van der Waals surface area contributed by atoms with E-state index < -0.39 is 6.04 Å². The summed E-state index contributed by atoms with van der Waals surface area (Å²) in [6.45, 7) is 1.61. The molecule has 2 aromatic heterocycles. The fourth-order valence-electron chi connectivity index (χ4n) is 1.24. The molecule has 0 radical (unpaired) electrons. The summed E-state index contributed by atoms with van der Waals surface area (Å²) in [5.41, 5.74) is 6.03. The molecule has 0 aliphatic heterocycles. The third kappa shape index (κ3) is 2.45. The molecule has 0 aromatic carbocycles. The molecule has 2 heterocycles. The third-order valence-corrected chi connectivity index (χ3v) is 2.09. The van der Waals surface area contributed by atoms with Crippen molar-refractivity contribution < 1.29 is 4.79 Å². The Hall–Kier alpha value is -2.28. The number of pyridine rings is 1. The van der Waals surface area contributed by atoms with Crippen molar-refractivity contribution in [2.75, 3.05) is 5.32 Å². The fourth-order valence-corrected chi connectivity index (χ4v) is 1.24. The highest BCUT2D eigenvalue weighted by molar-refractivity contribution is 5.95.